The van der Waals surface area contributed by atoms with Crippen molar-refractivity contribution < 1.29 is 19.4 Å². The summed E-state index contributed by atoms with van der Waals surface area (Å²) < 4.78 is 11.4. The third-order valence-corrected chi connectivity index (χ3v) is 7.26. The molecule has 3 N–H and O–H groups in total. The first-order chi connectivity index (χ1) is 16.2. The monoisotopic (exact) mass is 447 g/mol. The summed E-state index contributed by atoms with van der Waals surface area (Å²) in [5.74, 6) is 1.67. The fourth-order valence-corrected chi connectivity index (χ4v) is 5.43. The average molecular weight is 448 g/mol. The molecule has 3 aliphatic heterocycles. The number of aliphatic hydroxyl groups is 1. The number of nitrogens with zero attached hydrogens (tertiary/aromatic N) is 1. The summed E-state index contributed by atoms with van der Waals surface area (Å²) in [5.41, 5.74) is 7.11. The molecule has 0 spiro atoms. The molecule has 1 amide bonds. The van der Waals surface area contributed by atoms with E-state index in [1.807, 2.05) is 6.08 Å². The molecular formula is C26H29N3O4. The summed E-state index contributed by atoms with van der Waals surface area (Å²) in [4.78, 5) is 18.3. The number of H-pyrrole nitrogens is 1. The highest BCUT2D eigenvalue weighted by molar-refractivity contribution is 5.90. The summed E-state index contributed by atoms with van der Waals surface area (Å²) in [6, 6.07) is 0. The first-order valence-corrected chi connectivity index (χ1v) is 11.9. The first-order valence-electron chi connectivity index (χ1n) is 11.9. The molecular weight excluding hydrogens is 418 g/mol. The molecule has 2 aliphatic carbocycles. The van der Waals surface area contributed by atoms with Crippen LogP contribution in [0, 0.1) is 5.92 Å². The second-order valence-electron chi connectivity index (χ2n) is 9.18. The number of anilines is 1. The topological polar surface area (TPSA) is 86.8 Å². The summed E-state index contributed by atoms with van der Waals surface area (Å²) >= 11 is 0. The number of aliphatic hydroxyl groups excluding tert-OH is 1. The van der Waals surface area contributed by atoms with Crippen LogP contribution < -0.4 is 5.32 Å². The van der Waals surface area contributed by atoms with E-state index in [2.05, 4.69) is 28.6 Å². The molecule has 4 heterocycles. The lowest BCUT2D eigenvalue weighted by atomic mass is 9.85. The molecule has 33 heavy (non-hydrogen) atoms. The molecule has 0 aromatic carbocycles. The molecule has 5 aliphatic rings. The van der Waals surface area contributed by atoms with Crippen molar-refractivity contribution in [1.82, 2.24) is 9.88 Å². The van der Waals surface area contributed by atoms with Gasteiger partial charge in [-0.2, -0.15) is 0 Å². The van der Waals surface area contributed by atoms with Crippen molar-refractivity contribution >= 4 is 23.4 Å². The highest BCUT2D eigenvalue weighted by atomic mass is 16.5. The fourth-order valence-electron chi connectivity index (χ4n) is 5.43. The van der Waals surface area contributed by atoms with Crippen molar-refractivity contribution in [2.24, 2.45) is 5.92 Å². The van der Waals surface area contributed by atoms with Gasteiger partial charge in [0.25, 0.3) is 0 Å². The van der Waals surface area contributed by atoms with Crippen molar-refractivity contribution in [3.8, 4) is 0 Å². The van der Waals surface area contributed by atoms with Gasteiger partial charge >= 0.3 is 0 Å². The van der Waals surface area contributed by atoms with Gasteiger partial charge in [-0.05, 0) is 48.1 Å². The minimum atomic E-state index is -0.531. The molecule has 1 aromatic heterocycles. The Hall–Kier alpha value is -3.19. The maximum atomic E-state index is 13.1. The van der Waals surface area contributed by atoms with Crippen LogP contribution >= 0.6 is 0 Å². The minimum absolute atomic E-state index is 0.0183. The lowest BCUT2D eigenvalue weighted by Gasteiger charge is -2.32. The van der Waals surface area contributed by atoms with Crippen LogP contribution in [0.1, 0.15) is 36.8 Å². The standard InChI is InChI=1S/C26H29N3O4/c30-23-5-4-17(12-21(23)26(31)29-7-10-32-11-8-29)18-13-20-22(15-28-25(20)27-14-18)19-3-1-2-16-6-9-33-24(16)19/h3-5,13,15,21,27-28,30H,1-2,6-12,14H2. The molecule has 7 nitrogen and oxygen atoms in total. The number of nitrogens with one attached hydrogen (secondary N) is 2. The number of ether oxygens (including phenoxy) is 2. The van der Waals surface area contributed by atoms with Gasteiger partial charge in [-0.15, -0.1) is 0 Å². The maximum absolute atomic E-state index is 13.1. The zero-order chi connectivity index (χ0) is 22.4. The minimum Gasteiger partial charge on any atom is -0.511 e. The number of hydrogen-bond acceptors (Lipinski definition) is 5. The predicted molar refractivity (Wildman–Crippen MR) is 126 cm³/mol. The Labute approximate surface area is 193 Å². The summed E-state index contributed by atoms with van der Waals surface area (Å²) in [6.45, 7) is 3.72. The van der Waals surface area contributed by atoms with E-state index in [-0.39, 0.29) is 11.7 Å². The van der Waals surface area contributed by atoms with Gasteiger partial charge in [-0.25, -0.2) is 0 Å². The summed E-state index contributed by atoms with van der Waals surface area (Å²) in [5, 5.41) is 14.0. The Bertz CT molecular complexity index is 1140. The molecule has 1 fully saturated rings. The first kappa shape index (κ1) is 20.4. The van der Waals surface area contributed by atoms with E-state index in [1.54, 1.807) is 11.0 Å². The molecule has 7 heteroatoms. The lowest BCUT2D eigenvalue weighted by Crippen LogP contribution is -2.44. The zero-order valence-corrected chi connectivity index (χ0v) is 18.7. The SMILES string of the molecule is O=C(C1CC(C2=Cc3c(C4=CCCC5=C4OCC5)c[nH]c3NC2)=CC=C1O)N1CCOCC1. The van der Waals surface area contributed by atoms with Crippen molar-refractivity contribution in [1.29, 1.82) is 0 Å². The number of aromatic amines is 1. The van der Waals surface area contributed by atoms with Crippen LogP contribution in [-0.4, -0.2) is 60.4 Å². The van der Waals surface area contributed by atoms with Gasteiger partial charge in [-0.3, -0.25) is 4.79 Å². The maximum Gasteiger partial charge on any atom is 0.233 e. The Morgan fingerprint density at radius 3 is 2.88 bits per heavy atom. The number of hydrogen-bond donors (Lipinski definition) is 3. The van der Waals surface area contributed by atoms with E-state index >= 15 is 0 Å². The highest BCUT2D eigenvalue weighted by Gasteiger charge is 2.33. The zero-order valence-electron chi connectivity index (χ0n) is 18.7. The Kier molecular flexibility index (Phi) is 5.14. The molecule has 1 aromatic rings. The van der Waals surface area contributed by atoms with Crippen molar-refractivity contribution in [2.45, 2.75) is 25.7 Å². The van der Waals surface area contributed by atoms with Crippen LogP contribution in [0.3, 0.4) is 0 Å². The molecule has 1 saturated heterocycles. The van der Waals surface area contributed by atoms with Crippen LogP contribution in [0.4, 0.5) is 5.82 Å². The van der Waals surface area contributed by atoms with Gasteiger partial charge in [0.15, 0.2) is 0 Å². The Balaban J connectivity index is 1.28. The number of carbonyl (C=O) groups excluding carboxylic acids is 1. The number of morpholine rings is 1. The van der Waals surface area contributed by atoms with Gasteiger partial charge in [0.1, 0.15) is 17.3 Å². The van der Waals surface area contributed by atoms with E-state index in [0.717, 1.165) is 59.7 Å². The number of amides is 1. The third kappa shape index (κ3) is 3.60. The lowest BCUT2D eigenvalue weighted by molar-refractivity contribution is -0.139. The predicted octanol–water partition coefficient (Wildman–Crippen LogP) is 3.92. The number of fused-ring (bicyclic) bond motifs is 1. The normalized spacial score (nSPS) is 24.6. The smallest absolute Gasteiger partial charge is 0.233 e. The molecule has 0 bridgehead atoms. The van der Waals surface area contributed by atoms with E-state index in [9.17, 15) is 9.90 Å². The largest absolute Gasteiger partial charge is 0.511 e. The van der Waals surface area contributed by atoms with Crippen molar-refractivity contribution in [3.05, 3.63) is 63.8 Å². The van der Waals surface area contributed by atoms with Gasteiger partial charge in [-0.1, -0.05) is 12.2 Å². The van der Waals surface area contributed by atoms with Crippen LogP contribution in [0.15, 0.2) is 52.7 Å². The van der Waals surface area contributed by atoms with Gasteiger partial charge in [0.2, 0.25) is 5.91 Å². The molecule has 1 atom stereocenters. The molecule has 172 valence electrons. The fraction of sp³-hybridized carbons (Fsp3) is 0.423. The number of carbonyl (C=O) groups is 1. The van der Waals surface area contributed by atoms with E-state index < -0.39 is 5.92 Å². The van der Waals surface area contributed by atoms with Crippen LogP contribution in [-0.2, 0) is 14.3 Å². The van der Waals surface area contributed by atoms with Crippen LogP contribution in [0.5, 0.6) is 0 Å². The van der Waals surface area contributed by atoms with Gasteiger partial charge < -0.3 is 29.8 Å². The summed E-state index contributed by atoms with van der Waals surface area (Å²) in [7, 11) is 0. The third-order valence-electron chi connectivity index (χ3n) is 7.26. The highest BCUT2D eigenvalue weighted by Crippen LogP contribution is 2.43. The molecule has 0 saturated carbocycles. The second-order valence-corrected chi connectivity index (χ2v) is 9.18. The van der Waals surface area contributed by atoms with E-state index in [0.29, 0.717) is 39.3 Å². The molecule has 0 radical (unpaired) electrons. The van der Waals surface area contributed by atoms with E-state index in [1.165, 1.54) is 11.1 Å². The number of rotatable bonds is 3. The number of aromatic nitrogens is 1. The second kappa shape index (κ2) is 8.30. The number of allylic oxidation sites excluding steroid dienone is 4. The quantitative estimate of drug-likeness (QED) is 0.654. The average Bonchev–Trinajstić information content (AvgIpc) is 3.51. The van der Waals surface area contributed by atoms with Crippen molar-refractivity contribution in [2.75, 3.05) is 44.8 Å². The van der Waals surface area contributed by atoms with E-state index in [4.69, 9.17) is 9.47 Å². The molecule has 6 rings (SSSR count). The van der Waals surface area contributed by atoms with Crippen molar-refractivity contribution in [3.63, 3.8) is 0 Å². The van der Waals surface area contributed by atoms with Crippen LogP contribution in [0.2, 0.25) is 0 Å². The van der Waals surface area contributed by atoms with Gasteiger partial charge in [0.05, 0.1) is 25.7 Å². The van der Waals surface area contributed by atoms with Gasteiger partial charge in [0, 0.05) is 49.0 Å². The Morgan fingerprint density at radius 1 is 1.12 bits per heavy atom. The van der Waals surface area contributed by atoms with Crippen LogP contribution in [0.25, 0.3) is 11.6 Å². The Morgan fingerprint density at radius 2 is 2.00 bits per heavy atom. The summed E-state index contributed by atoms with van der Waals surface area (Å²) in [6.07, 6.45) is 13.9. The molecule has 1 unspecified atom stereocenters.